The first-order valence-corrected chi connectivity index (χ1v) is 13.1. The molecule has 1 fully saturated rings. The van der Waals surface area contributed by atoms with Crippen molar-refractivity contribution in [2.45, 2.75) is 77.2 Å². The first-order valence-electron chi connectivity index (χ1n) is 13.1. The molecule has 0 saturated carbocycles. The normalized spacial score (nSPS) is 18.8. The van der Waals surface area contributed by atoms with E-state index in [4.69, 9.17) is 14.8 Å². The summed E-state index contributed by atoms with van der Waals surface area (Å²) in [4.78, 5) is 34.9. The number of rotatable bonds is 10. The summed E-state index contributed by atoms with van der Waals surface area (Å²) in [6, 6.07) is 7.91. The Balaban J connectivity index is 1.57. The summed E-state index contributed by atoms with van der Waals surface area (Å²) in [6.07, 6.45) is 5.69. The number of unbranched alkanes of at least 4 members (excludes halogenated alkanes) is 1. The average molecular weight is 494 g/mol. The summed E-state index contributed by atoms with van der Waals surface area (Å²) in [6.45, 7) is 11.3. The molecule has 194 valence electrons. The molecule has 1 aliphatic carbocycles. The Morgan fingerprint density at radius 2 is 1.97 bits per heavy atom. The molecule has 1 spiro atoms. The summed E-state index contributed by atoms with van der Waals surface area (Å²) in [5, 5.41) is 9.13. The van der Waals surface area contributed by atoms with Crippen LogP contribution in [0.25, 0.3) is 0 Å². The summed E-state index contributed by atoms with van der Waals surface area (Å²) in [5.74, 6) is 0.0213. The average Bonchev–Trinajstić information content (AvgIpc) is 3.31. The molecule has 0 aromatic heterocycles. The predicted molar refractivity (Wildman–Crippen MR) is 142 cm³/mol. The molecule has 1 aromatic rings. The van der Waals surface area contributed by atoms with Crippen molar-refractivity contribution in [1.29, 1.82) is 0 Å². The standard InChI is InChI=1S/C29H39N3O4/c1-20(2)36-28(35)31-18-29(19-31)24-12-5-6-14-26(24)32(27(29)34)17-23(16-21(3)10-7-8-15-33)30-25-13-9-11-22(25)4/h5-6,12,14,20,33H,3,7-11,13,15-19H2,1-2,4H3/b30-23+. The predicted octanol–water partition coefficient (Wildman–Crippen LogP) is 5.14. The second kappa shape index (κ2) is 11.0. The van der Waals surface area contributed by atoms with E-state index in [0.29, 0.717) is 26.1 Å². The van der Waals surface area contributed by atoms with Crippen molar-refractivity contribution in [3.8, 4) is 0 Å². The van der Waals surface area contributed by atoms with E-state index in [1.54, 1.807) is 4.90 Å². The maximum atomic E-state index is 13.9. The number of hydrogen-bond acceptors (Lipinski definition) is 5. The molecule has 36 heavy (non-hydrogen) atoms. The molecule has 0 atom stereocenters. The molecule has 4 rings (SSSR count). The molecule has 0 bridgehead atoms. The molecular weight excluding hydrogens is 454 g/mol. The maximum absolute atomic E-state index is 13.9. The molecule has 3 aliphatic rings. The van der Waals surface area contributed by atoms with Gasteiger partial charge in [-0.3, -0.25) is 9.79 Å². The minimum atomic E-state index is -0.724. The fraction of sp³-hybridized carbons (Fsp3) is 0.552. The SMILES string of the molecule is C=C(CCCCO)C/C(CN1C(=O)C2(CN(C(=O)OC(C)C)C2)c2ccccc21)=N\C1=C(C)CCC1. The number of aliphatic hydroxyl groups is 1. The minimum absolute atomic E-state index is 0.0213. The fourth-order valence-electron chi connectivity index (χ4n) is 5.47. The summed E-state index contributed by atoms with van der Waals surface area (Å²) < 4.78 is 5.35. The van der Waals surface area contributed by atoms with E-state index in [2.05, 4.69) is 13.5 Å². The third-order valence-electron chi connectivity index (χ3n) is 7.37. The van der Waals surface area contributed by atoms with Crippen LogP contribution < -0.4 is 4.90 Å². The Labute approximate surface area is 214 Å². The van der Waals surface area contributed by atoms with Gasteiger partial charge in [0.05, 0.1) is 12.6 Å². The van der Waals surface area contributed by atoms with Gasteiger partial charge in [0.1, 0.15) is 5.41 Å². The lowest BCUT2D eigenvalue weighted by atomic mass is 9.75. The molecule has 7 nitrogen and oxygen atoms in total. The Morgan fingerprint density at radius 3 is 2.64 bits per heavy atom. The van der Waals surface area contributed by atoms with E-state index in [1.807, 2.05) is 43.0 Å². The highest BCUT2D eigenvalue weighted by molar-refractivity contribution is 6.13. The zero-order chi connectivity index (χ0) is 25.9. The number of hydrogen-bond donors (Lipinski definition) is 1. The van der Waals surface area contributed by atoms with Gasteiger partial charge in [0.15, 0.2) is 0 Å². The molecule has 2 aliphatic heterocycles. The van der Waals surface area contributed by atoms with Gasteiger partial charge >= 0.3 is 6.09 Å². The Hall–Kier alpha value is -2.93. The summed E-state index contributed by atoms with van der Waals surface area (Å²) in [5.41, 5.74) is 5.61. The van der Waals surface area contributed by atoms with Gasteiger partial charge in [-0.1, -0.05) is 35.9 Å². The topological polar surface area (TPSA) is 82.4 Å². The van der Waals surface area contributed by atoms with Crippen molar-refractivity contribution in [1.82, 2.24) is 4.90 Å². The second-order valence-corrected chi connectivity index (χ2v) is 10.6. The second-order valence-electron chi connectivity index (χ2n) is 10.6. The third-order valence-corrected chi connectivity index (χ3v) is 7.37. The molecule has 7 heteroatoms. The zero-order valence-corrected chi connectivity index (χ0v) is 21.9. The number of likely N-dealkylation sites (tertiary alicyclic amines) is 1. The lowest BCUT2D eigenvalue weighted by Gasteiger charge is -2.46. The highest BCUT2D eigenvalue weighted by Gasteiger charge is 2.59. The van der Waals surface area contributed by atoms with Crippen molar-refractivity contribution in [2.75, 3.05) is 31.1 Å². The highest BCUT2D eigenvalue weighted by atomic mass is 16.6. The van der Waals surface area contributed by atoms with Gasteiger partial charge in [-0.25, -0.2) is 4.79 Å². The van der Waals surface area contributed by atoms with E-state index < -0.39 is 5.41 Å². The van der Waals surface area contributed by atoms with Gasteiger partial charge in [-0.05, 0) is 70.9 Å². The first-order chi connectivity index (χ1) is 17.2. The van der Waals surface area contributed by atoms with Crippen LogP contribution in [-0.4, -0.2) is 60.1 Å². The minimum Gasteiger partial charge on any atom is -0.447 e. The quantitative estimate of drug-likeness (QED) is 0.278. The first kappa shape index (κ1) is 26.1. The van der Waals surface area contributed by atoms with Crippen LogP contribution in [0.5, 0.6) is 0 Å². The van der Waals surface area contributed by atoms with Crippen molar-refractivity contribution in [2.24, 2.45) is 4.99 Å². The van der Waals surface area contributed by atoms with E-state index in [9.17, 15) is 9.59 Å². The number of nitrogens with zero attached hydrogens (tertiary/aromatic N) is 3. The third kappa shape index (κ3) is 5.26. The number of anilines is 1. The monoisotopic (exact) mass is 493 g/mol. The van der Waals surface area contributed by atoms with Crippen LogP contribution in [0.15, 0.2) is 52.7 Å². The number of allylic oxidation sites excluding steroid dienone is 3. The Kier molecular flexibility index (Phi) is 7.98. The van der Waals surface area contributed by atoms with Crippen LogP contribution in [-0.2, 0) is 14.9 Å². The molecular formula is C29H39N3O4. The number of aliphatic imine (C=N–C) groups is 1. The number of benzene rings is 1. The van der Waals surface area contributed by atoms with Gasteiger partial charge < -0.3 is 19.6 Å². The van der Waals surface area contributed by atoms with Gasteiger partial charge in [-0.15, -0.1) is 0 Å². The molecule has 2 heterocycles. The van der Waals surface area contributed by atoms with Crippen molar-refractivity contribution in [3.05, 3.63) is 53.3 Å². The van der Waals surface area contributed by atoms with E-state index in [0.717, 1.165) is 66.8 Å². The van der Waals surface area contributed by atoms with Crippen LogP contribution in [0.2, 0.25) is 0 Å². The molecule has 0 unspecified atom stereocenters. The molecule has 1 aromatic carbocycles. The zero-order valence-electron chi connectivity index (χ0n) is 21.9. The number of para-hydroxylation sites is 1. The Bertz CT molecular complexity index is 1080. The maximum Gasteiger partial charge on any atom is 0.410 e. The molecule has 0 radical (unpaired) electrons. The summed E-state index contributed by atoms with van der Waals surface area (Å²) in [7, 11) is 0. The van der Waals surface area contributed by atoms with Crippen LogP contribution in [0, 0.1) is 0 Å². The Morgan fingerprint density at radius 1 is 1.22 bits per heavy atom. The van der Waals surface area contributed by atoms with Gasteiger partial charge in [0.25, 0.3) is 0 Å². The molecule has 1 N–H and O–H groups in total. The van der Waals surface area contributed by atoms with Crippen molar-refractivity contribution < 1.29 is 19.4 Å². The lowest BCUT2D eigenvalue weighted by Crippen LogP contribution is -2.65. The number of amides is 2. The number of carbonyl (C=O) groups is 2. The van der Waals surface area contributed by atoms with Crippen molar-refractivity contribution >= 4 is 23.4 Å². The highest BCUT2D eigenvalue weighted by Crippen LogP contribution is 2.47. The number of carbonyl (C=O) groups excluding carboxylic acids is 2. The van der Waals surface area contributed by atoms with Crippen LogP contribution in [0.1, 0.15) is 71.3 Å². The molecule has 1 saturated heterocycles. The smallest absolute Gasteiger partial charge is 0.410 e. The lowest BCUT2D eigenvalue weighted by molar-refractivity contribution is -0.128. The largest absolute Gasteiger partial charge is 0.447 e. The number of ether oxygens (including phenoxy) is 1. The van der Waals surface area contributed by atoms with Gasteiger partial charge in [-0.2, -0.15) is 0 Å². The van der Waals surface area contributed by atoms with Crippen LogP contribution >= 0.6 is 0 Å². The van der Waals surface area contributed by atoms with Crippen LogP contribution in [0.4, 0.5) is 10.5 Å². The van der Waals surface area contributed by atoms with Gasteiger partial charge in [0, 0.05) is 43.2 Å². The van der Waals surface area contributed by atoms with Crippen molar-refractivity contribution in [3.63, 3.8) is 0 Å². The van der Waals surface area contributed by atoms with Crippen LogP contribution in [0.3, 0.4) is 0 Å². The van der Waals surface area contributed by atoms with E-state index in [1.165, 1.54) is 5.57 Å². The molecule has 2 amide bonds. The fourth-order valence-corrected chi connectivity index (χ4v) is 5.47. The van der Waals surface area contributed by atoms with Gasteiger partial charge in [0.2, 0.25) is 5.91 Å². The van der Waals surface area contributed by atoms with E-state index in [-0.39, 0.29) is 24.7 Å². The summed E-state index contributed by atoms with van der Waals surface area (Å²) >= 11 is 0. The van der Waals surface area contributed by atoms with E-state index >= 15 is 0 Å². The number of aliphatic hydroxyl groups excluding tert-OH is 1. The number of fused-ring (bicyclic) bond motifs is 2.